The Labute approximate surface area is 126 Å². The summed E-state index contributed by atoms with van der Waals surface area (Å²) in [5.74, 6) is 0. The molecule has 0 atom stereocenters. The van der Waals surface area contributed by atoms with Gasteiger partial charge in [-0.2, -0.15) is 0 Å². The number of fused-ring (bicyclic) bond motifs is 1. The first-order valence-corrected chi connectivity index (χ1v) is 7.32. The van der Waals surface area contributed by atoms with Gasteiger partial charge < -0.3 is 14.4 Å². The van der Waals surface area contributed by atoms with E-state index in [2.05, 4.69) is 6.07 Å². The molecule has 21 heavy (non-hydrogen) atoms. The van der Waals surface area contributed by atoms with E-state index in [0.717, 1.165) is 21.8 Å². The Balaban J connectivity index is 2.13. The molecule has 0 spiro atoms. The molecular formula is C17H21BO3. The van der Waals surface area contributed by atoms with Crippen LogP contribution in [0, 0.1) is 0 Å². The van der Waals surface area contributed by atoms with Gasteiger partial charge in [0.25, 0.3) is 0 Å². The fourth-order valence-corrected chi connectivity index (χ4v) is 2.66. The van der Waals surface area contributed by atoms with Gasteiger partial charge >= 0.3 is 7.12 Å². The van der Waals surface area contributed by atoms with Crippen LogP contribution in [0.5, 0.6) is 0 Å². The maximum Gasteiger partial charge on any atom is 0.495 e. The van der Waals surface area contributed by atoms with Crippen molar-refractivity contribution in [1.29, 1.82) is 0 Å². The van der Waals surface area contributed by atoms with Gasteiger partial charge in [-0.25, -0.2) is 0 Å². The second-order valence-electron chi connectivity index (χ2n) is 6.65. The SMILES string of the molecule is CC1(C)OB(c2cc(CO)cc3ccccc23)OC1(C)C. The Morgan fingerprint density at radius 3 is 2.24 bits per heavy atom. The van der Waals surface area contributed by atoms with Crippen LogP contribution in [0.1, 0.15) is 33.3 Å². The molecule has 0 aromatic heterocycles. The quantitative estimate of drug-likeness (QED) is 0.862. The van der Waals surface area contributed by atoms with Crippen LogP contribution >= 0.6 is 0 Å². The normalized spacial score (nSPS) is 20.1. The summed E-state index contributed by atoms with van der Waals surface area (Å²) in [5.41, 5.74) is 1.12. The largest absolute Gasteiger partial charge is 0.495 e. The number of hydrogen-bond donors (Lipinski definition) is 1. The van der Waals surface area contributed by atoms with Gasteiger partial charge in [-0.3, -0.25) is 0 Å². The van der Waals surface area contributed by atoms with E-state index in [4.69, 9.17) is 9.31 Å². The average Bonchev–Trinajstić information content (AvgIpc) is 2.66. The highest BCUT2D eigenvalue weighted by Crippen LogP contribution is 2.37. The first-order chi connectivity index (χ1) is 9.84. The van der Waals surface area contributed by atoms with E-state index in [1.54, 1.807) is 0 Å². The molecule has 1 heterocycles. The molecular weight excluding hydrogens is 263 g/mol. The third kappa shape index (κ3) is 2.37. The fraction of sp³-hybridized carbons (Fsp3) is 0.412. The zero-order valence-corrected chi connectivity index (χ0v) is 13.0. The molecule has 0 amide bonds. The zero-order valence-electron chi connectivity index (χ0n) is 13.0. The summed E-state index contributed by atoms with van der Waals surface area (Å²) in [5, 5.41) is 11.7. The summed E-state index contributed by atoms with van der Waals surface area (Å²) in [6.07, 6.45) is 0. The summed E-state index contributed by atoms with van der Waals surface area (Å²) in [6.45, 7) is 8.20. The highest BCUT2D eigenvalue weighted by molar-refractivity contribution is 6.65. The van der Waals surface area contributed by atoms with Crippen molar-refractivity contribution in [3.05, 3.63) is 42.0 Å². The average molecular weight is 284 g/mol. The molecule has 1 fully saturated rings. The highest BCUT2D eigenvalue weighted by Gasteiger charge is 2.52. The number of aliphatic hydroxyl groups is 1. The summed E-state index contributed by atoms with van der Waals surface area (Å²) in [6, 6.07) is 12.1. The predicted molar refractivity (Wildman–Crippen MR) is 85.6 cm³/mol. The first-order valence-electron chi connectivity index (χ1n) is 7.32. The lowest BCUT2D eigenvalue weighted by molar-refractivity contribution is 0.00578. The van der Waals surface area contributed by atoms with Crippen molar-refractivity contribution in [3.63, 3.8) is 0 Å². The third-order valence-corrected chi connectivity index (χ3v) is 4.64. The fourth-order valence-electron chi connectivity index (χ4n) is 2.66. The van der Waals surface area contributed by atoms with Crippen molar-refractivity contribution < 1.29 is 14.4 Å². The van der Waals surface area contributed by atoms with Crippen molar-refractivity contribution in [2.45, 2.75) is 45.5 Å². The molecule has 2 aromatic carbocycles. The molecule has 4 heteroatoms. The van der Waals surface area contributed by atoms with Crippen LogP contribution in [0.4, 0.5) is 0 Å². The highest BCUT2D eigenvalue weighted by atomic mass is 16.7. The van der Waals surface area contributed by atoms with E-state index in [9.17, 15) is 5.11 Å². The van der Waals surface area contributed by atoms with Crippen molar-refractivity contribution in [3.8, 4) is 0 Å². The van der Waals surface area contributed by atoms with Crippen molar-refractivity contribution in [2.24, 2.45) is 0 Å². The standard InChI is InChI=1S/C17H21BO3/c1-16(2)17(3,4)21-18(20-16)15-10-12(11-19)9-13-7-5-6-8-14(13)15/h5-10,19H,11H2,1-4H3. The van der Waals surface area contributed by atoms with Gasteiger partial charge in [-0.1, -0.05) is 30.3 Å². The number of benzene rings is 2. The van der Waals surface area contributed by atoms with Crippen molar-refractivity contribution >= 4 is 23.4 Å². The summed E-state index contributed by atoms with van der Waals surface area (Å²) < 4.78 is 12.3. The molecule has 3 rings (SSSR count). The van der Waals surface area contributed by atoms with Gasteiger partial charge in [-0.15, -0.1) is 0 Å². The molecule has 0 saturated carbocycles. The Morgan fingerprint density at radius 2 is 1.62 bits per heavy atom. The third-order valence-electron chi connectivity index (χ3n) is 4.64. The lowest BCUT2D eigenvalue weighted by atomic mass is 9.75. The first kappa shape index (κ1) is 14.6. The monoisotopic (exact) mass is 284 g/mol. The molecule has 110 valence electrons. The Bertz CT molecular complexity index is 663. The molecule has 1 aliphatic rings. The van der Waals surface area contributed by atoms with Crippen LogP contribution in [0.2, 0.25) is 0 Å². The van der Waals surface area contributed by atoms with Gasteiger partial charge in [-0.05, 0) is 55.6 Å². The minimum absolute atomic E-state index is 0.0112. The van der Waals surface area contributed by atoms with Crippen LogP contribution < -0.4 is 5.46 Å². The summed E-state index contributed by atoms with van der Waals surface area (Å²) in [4.78, 5) is 0. The Hall–Kier alpha value is -1.36. The molecule has 0 bridgehead atoms. The minimum Gasteiger partial charge on any atom is -0.399 e. The van der Waals surface area contributed by atoms with Crippen LogP contribution in [0.3, 0.4) is 0 Å². The molecule has 0 aliphatic carbocycles. The van der Waals surface area contributed by atoms with Gasteiger partial charge in [0.1, 0.15) is 0 Å². The lowest BCUT2D eigenvalue weighted by Crippen LogP contribution is -2.41. The predicted octanol–water partition coefficient (Wildman–Crippen LogP) is 2.63. The molecule has 0 unspecified atom stereocenters. The minimum atomic E-state index is -0.411. The van der Waals surface area contributed by atoms with Crippen LogP contribution in [0.15, 0.2) is 36.4 Å². The molecule has 1 aliphatic heterocycles. The van der Waals surface area contributed by atoms with E-state index in [1.807, 2.05) is 58.0 Å². The van der Waals surface area contributed by atoms with Gasteiger partial charge in [0.05, 0.1) is 17.8 Å². The van der Waals surface area contributed by atoms with Crippen molar-refractivity contribution in [1.82, 2.24) is 0 Å². The Kier molecular flexibility index (Phi) is 3.36. The van der Waals surface area contributed by atoms with Crippen LogP contribution in [-0.2, 0) is 15.9 Å². The van der Waals surface area contributed by atoms with Crippen molar-refractivity contribution in [2.75, 3.05) is 0 Å². The van der Waals surface area contributed by atoms with E-state index < -0.39 is 7.12 Å². The van der Waals surface area contributed by atoms with E-state index in [-0.39, 0.29) is 17.8 Å². The van der Waals surface area contributed by atoms with Crippen LogP contribution in [-0.4, -0.2) is 23.4 Å². The number of rotatable bonds is 2. The maximum atomic E-state index is 9.49. The smallest absolute Gasteiger partial charge is 0.399 e. The summed E-state index contributed by atoms with van der Waals surface area (Å²) in [7, 11) is -0.411. The molecule has 1 N–H and O–H groups in total. The van der Waals surface area contributed by atoms with Crippen LogP contribution in [0.25, 0.3) is 10.8 Å². The van der Waals surface area contributed by atoms with Gasteiger partial charge in [0.2, 0.25) is 0 Å². The number of aliphatic hydroxyl groups excluding tert-OH is 1. The van der Waals surface area contributed by atoms with E-state index in [1.165, 1.54) is 0 Å². The van der Waals surface area contributed by atoms with Gasteiger partial charge in [0, 0.05) is 0 Å². The maximum absolute atomic E-state index is 9.49. The lowest BCUT2D eigenvalue weighted by Gasteiger charge is -2.32. The second kappa shape index (κ2) is 4.84. The topological polar surface area (TPSA) is 38.7 Å². The second-order valence-corrected chi connectivity index (χ2v) is 6.65. The molecule has 3 nitrogen and oxygen atoms in total. The molecule has 0 radical (unpaired) electrons. The molecule has 2 aromatic rings. The number of hydrogen-bond acceptors (Lipinski definition) is 3. The van der Waals surface area contributed by atoms with E-state index in [0.29, 0.717) is 0 Å². The molecule has 1 saturated heterocycles. The van der Waals surface area contributed by atoms with E-state index >= 15 is 0 Å². The van der Waals surface area contributed by atoms with Gasteiger partial charge in [0.15, 0.2) is 0 Å². The zero-order chi connectivity index (χ0) is 15.3. The Morgan fingerprint density at radius 1 is 1.00 bits per heavy atom. The summed E-state index contributed by atoms with van der Waals surface area (Å²) >= 11 is 0.